The molecule has 1 aromatic heterocycles. The van der Waals surface area contributed by atoms with Crippen LogP contribution in [0.3, 0.4) is 0 Å². The van der Waals surface area contributed by atoms with Gasteiger partial charge in [0.2, 0.25) is 5.88 Å². The van der Waals surface area contributed by atoms with Crippen molar-refractivity contribution in [1.82, 2.24) is 4.98 Å². The summed E-state index contributed by atoms with van der Waals surface area (Å²) in [6.07, 6.45) is 0. The predicted molar refractivity (Wildman–Crippen MR) is 64.4 cm³/mol. The van der Waals surface area contributed by atoms with E-state index in [0.29, 0.717) is 15.8 Å². The number of aliphatic hydroxyl groups excluding tert-OH is 1. The van der Waals surface area contributed by atoms with Crippen molar-refractivity contribution in [3.05, 3.63) is 34.2 Å². The van der Waals surface area contributed by atoms with Crippen LogP contribution in [0.5, 0.6) is 5.88 Å². The van der Waals surface area contributed by atoms with Gasteiger partial charge < -0.3 is 15.5 Å². The zero-order chi connectivity index (χ0) is 11.5. The fourth-order valence-corrected chi connectivity index (χ4v) is 1.95. The van der Waals surface area contributed by atoms with Crippen LogP contribution in [0.25, 0.3) is 0 Å². The third-order valence-electron chi connectivity index (χ3n) is 1.95. The van der Waals surface area contributed by atoms with Crippen LogP contribution >= 0.6 is 22.9 Å². The molecule has 1 aromatic carbocycles. The molecule has 4 nitrogen and oxygen atoms in total. The number of rotatable bonds is 3. The van der Waals surface area contributed by atoms with Crippen LogP contribution in [0.4, 0.5) is 10.8 Å². The van der Waals surface area contributed by atoms with Crippen LogP contribution in [0, 0.1) is 0 Å². The van der Waals surface area contributed by atoms with Crippen LogP contribution < -0.4 is 5.32 Å². The highest BCUT2D eigenvalue weighted by atomic mass is 35.5. The van der Waals surface area contributed by atoms with Crippen molar-refractivity contribution in [1.29, 1.82) is 0 Å². The van der Waals surface area contributed by atoms with Gasteiger partial charge in [-0.15, -0.1) is 11.3 Å². The number of aromatic hydroxyl groups is 1. The lowest BCUT2D eigenvalue weighted by atomic mass is 10.2. The minimum absolute atomic E-state index is 0.0260. The number of benzene rings is 1. The summed E-state index contributed by atoms with van der Waals surface area (Å²) >= 11 is 7.25. The van der Waals surface area contributed by atoms with Gasteiger partial charge in [-0.25, -0.2) is 0 Å². The summed E-state index contributed by atoms with van der Waals surface area (Å²) in [6, 6.07) is 5.18. The molecular weight excluding hydrogens is 248 g/mol. The van der Waals surface area contributed by atoms with E-state index in [1.807, 2.05) is 0 Å². The van der Waals surface area contributed by atoms with Gasteiger partial charge in [0.1, 0.15) is 0 Å². The smallest absolute Gasteiger partial charge is 0.223 e. The van der Waals surface area contributed by atoms with Crippen molar-refractivity contribution >= 4 is 33.8 Å². The van der Waals surface area contributed by atoms with E-state index in [1.54, 1.807) is 18.2 Å². The summed E-state index contributed by atoms with van der Waals surface area (Å²) in [5, 5.41) is 23.7. The molecule has 0 atom stereocenters. The third kappa shape index (κ3) is 2.44. The molecule has 16 heavy (non-hydrogen) atoms. The van der Waals surface area contributed by atoms with E-state index >= 15 is 0 Å². The molecule has 0 saturated carbocycles. The van der Waals surface area contributed by atoms with Crippen molar-refractivity contribution in [3.63, 3.8) is 0 Å². The van der Waals surface area contributed by atoms with Gasteiger partial charge in [-0.05, 0) is 17.7 Å². The number of thiazole rings is 1. The Morgan fingerprint density at radius 3 is 2.88 bits per heavy atom. The topological polar surface area (TPSA) is 65.4 Å². The second-order valence-electron chi connectivity index (χ2n) is 3.11. The summed E-state index contributed by atoms with van der Waals surface area (Å²) < 4.78 is 0. The molecule has 0 unspecified atom stereocenters. The first kappa shape index (κ1) is 11.2. The summed E-state index contributed by atoms with van der Waals surface area (Å²) in [5.74, 6) is -0.0260. The number of anilines is 2. The van der Waals surface area contributed by atoms with Crippen molar-refractivity contribution in [2.24, 2.45) is 0 Å². The highest BCUT2D eigenvalue weighted by molar-refractivity contribution is 7.14. The Labute approximate surface area is 101 Å². The monoisotopic (exact) mass is 256 g/mol. The maximum absolute atomic E-state index is 9.09. The molecule has 0 amide bonds. The summed E-state index contributed by atoms with van der Waals surface area (Å²) in [5.41, 5.74) is 1.41. The summed E-state index contributed by atoms with van der Waals surface area (Å²) in [7, 11) is 0. The lowest BCUT2D eigenvalue weighted by molar-refractivity contribution is 0.282. The first-order chi connectivity index (χ1) is 7.69. The number of nitrogens with one attached hydrogen (secondary N) is 1. The number of aliphatic hydroxyl groups is 1. The molecule has 0 aliphatic carbocycles. The van der Waals surface area contributed by atoms with Crippen molar-refractivity contribution in [2.45, 2.75) is 6.61 Å². The fraction of sp³-hybridized carbons (Fsp3) is 0.100. The van der Waals surface area contributed by atoms with E-state index in [0.717, 1.165) is 5.56 Å². The molecule has 3 N–H and O–H groups in total. The molecule has 2 rings (SSSR count). The minimum Gasteiger partial charge on any atom is -0.493 e. The molecule has 0 bridgehead atoms. The minimum atomic E-state index is -0.0467. The molecular formula is C10H9ClN2O2S. The molecule has 0 aliphatic rings. The van der Waals surface area contributed by atoms with Gasteiger partial charge in [-0.3, -0.25) is 0 Å². The van der Waals surface area contributed by atoms with Crippen LogP contribution in [-0.2, 0) is 6.61 Å². The standard InChI is InChI=1S/C10H9ClN2O2S/c11-7-2-1-6(4-14)3-8(7)12-10-13-9(15)5-16-10/h1-3,5,14-15H,4H2,(H,12,13). The van der Waals surface area contributed by atoms with E-state index in [9.17, 15) is 0 Å². The van der Waals surface area contributed by atoms with Crippen molar-refractivity contribution in [2.75, 3.05) is 5.32 Å². The fourth-order valence-electron chi connectivity index (χ4n) is 1.20. The molecule has 0 aliphatic heterocycles. The van der Waals surface area contributed by atoms with Crippen LogP contribution in [0.15, 0.2) is 23.6 Å². The first-order valence-electron chi connectivity index (χ1n) is 4.50. The third-order valence-corrected chi connectivity index (χ3v) is 3.02. The quantitative estimate of drug-likeness (QED) is 0.790. The summed E-state index contributed by atoms with van der Waals surface area (Å²) in [6.45, 7) is -0.0467. The molecule has 0 fully saturated rings. The van der Waals surface area contributed by atoms with Gasteiger partial charge in [0, 0.05) is 0 Å². The molecule has 2 aromatic rings. The van der Waals surface area contributed by atoms with E-state index in [4.69, 9.17) is 21.8 Å². The normalized spacial score (nSPS) is 10.4. The summed E-state index contributed by atoms with van der Waals surface area (Å²) in [4.78, 5) is 3.84. The van der Waals surface area contributed by atoms with E-state index in [-0.39, 0.29) is 12.5 Å². The molecule has 1 heterocycles. The second kappa shape index (κ2) is 4.69. The second-order valence-corrected chi connectivity index (χ2v) is 4.37. The number of hydrogen-bond acceptors (Lipinski definition) is 5. The molecule has 0 radical (unpaired) electrons. The average Bonchev–Trinajstić information content (AvgIpc) is 2.67. The Morgan fingerprint density at radius 1 is 1.44 bits per heavy atom. The molecule has 0 spiro atoms. The predicted octanol–water partition coefficient (Wildman–Crippen LogP) is 2.74. The SMILES string of the molecule is OCc1ccc(Cl)c(Nc2nc(O)cs2)c1. The van der Waals surface area contributed by atoms with Gasteiger partial charge in [0.25, 0.3) is 0 Å². The lowest BCUT2D eigenvalue weighted by Gasteiger charge is -2.06. The Hall–Kier alpha value is -1.30. The first-order valence-corrected chi connectivity index (χ1v) is 5.75. The van der Waals surface area contributed by atoms with E-state index in [1.165, 1.54) is 16.7 Å². The van der Waals surface area contributed by atoms with Gasteiger partial charge >= 0.3 is 0 Å². The van der Waals surface area contributed by atoms with Crippen LogP contribution in [0.2, 0.25) is 5.02 Å². The van der Waals surface area contributed by atoms with Gasteiger partial charge in [0.05, 0.1) is 22.7 Å². The Balaban J connectivity index is 2.26. The number of aromatic nitrogens is 1. The van der Waals surface area contributed by atoms with Crippen molar-refractivity contribution in [3.8, 4) is 5.88 Å². The van der Waals surface area contributed by atoms with Crippen LogP contribution in [-0.4, -0.2) is 15.2 Å². The molecule has 0 saturated heterocycles. The maximum atomic E-state index is 9.09. The Morgan fingerprint density at radius 2 is 2.25 bits per heavy atom. The maximum Gasteiger partial charge on any atom is 0.223 e. The highest BCUT2D eigenvalue weighted by Crippen LogP contribution is 2.29. The molecule has 84 valence electrons. The average molecular weight is 257 g/mol. The van der Waals surface area contributed by atoms with Gasteiger partial charge in [0.15, 0.2) is 5.13 Å². The van der Waals surface area contributed by atoms with Gasteiger partial charge in [-0.2, -0.15) is 4.98 Å². The van der Waals surface area contributed by atoms with Crippen LogP contribution in [0.1, 0.15) is 5.56 Å². The zero-order valence-corrected chi connectivity index (χ0v) is 9.72. The lowest BCUT2D eigenvalue weighted by Crippen LogP contribution is -1.92. The van der Waals surface area contributed by atoms with E-state index in [2.05, 4.69) is 10.3 Å². The Bertz CT molecular complexity index is 501. The zero-order valence-electron chi connectivity index (χ0n) is 8.14. The van der Waals surface area contributed by atoms with E-state index < -0.39 is 0 Å². The number of hydrogen-bond donors (Lipinski definition) is 3. The Kier molecular flexibility index (Phi) is 3.28. The van der Waals surface area contributed by atoms with Crippen molar-refractivity contribution < 1.29 is 10.2 Å². The number of halogens is 1. The molecule has 6 heteroatoms. The highest BCUT2D eigenvalue weighted by Gasteiger charge is 2.05. The largest absolute Gasteiger partial charge is 0.493 e. The number of nitrogens with zero attached hydrogens (tertiary/aromatic N) is 1. The van der Waals surface area contributed by atoms with Gasteiger partial charge in [-0.1, -0.05) is 17.7 Å².